The van der Waals surface area contributed by atoms with Crippen molar-refractivity contribution in [1.29, 1.82) is 0 Å². The van der Waals surface area contributed by atoms with Gasteiger partial charge in [-0.15, -0.1) is 0 Å². The van der Waals surface area contributed by atoms with Gasteiger partial charge in [0.1, 0.15) is 11.6 Å². The Morgan fingerprint density at radius 1 is 1.04 bits per heavy atom. The second-order valence-corrected chi connectivity index (χ2v) is 7.93. The summed E-state index contributed by atoms with van der Waals surface area (Å²) < 4.78 is 8.49. The van der Waals surface area contributed by atoms with Gasteiger partial charge in [0.15, 0.2) is 0 Å². The first kappa shape index (κ1) is 19.0. The van der Waals surface area contributed by atoms with Crippen LogP contribution in [-0.4, -0.2) is 34.1 Å². The molecule has 1 aliphatic heterocycles. The highest BCUT2D eigenvalue weighted by Gasteiger charge is 2.24. The van der Waals surface area contributed by atoms with Crippen molar-refractivity contribution >= 4 is 11.0 Å². The van der Waals surface area contributed by atoms with E-state index >= 15 is 0 Å². The molecule has 2 heterocycles. The largest absolute Gasteiger partial charge is 0.493 e. The van der Waals surface area contributed by atoms with Gasteiger partial charge in [-0.05, 0) is 82.4 Å². The maximum Gasteiger partial charge on any atom is 0.127 e. The van der Waals surface area contributed by atoms with Crippen LogP contribution in [0.2, 0.25) is 0 Å². The number of ether oxygens (including phenoxy) is 1. The first-order valence-corrected chi connectivity index (χ1v) is 10.5. The van der Waals surface area contributed by atoms with E-state index in [0.717, 1.165) is 24.2 Å². The highest BCUT2D eigenvalue weighted by Crippen LogP contribution is 2.28. The predicted molar refractivity (Wildman–Crippen MR) is 115 cm³/mol. The van der Waals surface area contributed by atoms with Gasteiger partial charge in [-0.25, -0.2) is 4.98 Å². The van der Waals surface area contributed by atoms with Gasteiger partial charge in [-0.3, -0.25) is 4.90 Å². The summed E-state index contributed by atoms with van der Waals surface area (Å²) in [6, 6.07) is 15.1. The number of aromatic nitrogens is 2. The van der Waals surface area contributed by atoms with E-state index in [-0.39, 0.29) is 0 Å². The van der Waals surface area contributed by atoms with Crippen molar-refractivity contribution < 1.29 is 4.74 Å². The SMILES string of the molecule is Cc1cccc(OCCCn2c(C(C)N3CCCC3)nc3ccccc32)c1C. The predicted octanol–water partition coefficient (Wildman–Crippen LogP) is 5.28. The minimum atomic E-state index is 0.356. The smallest absolute Gasteiger partial charge is 0.127 e. The van der Waals surface area contributed by atoms with Gasteiger partial charge in [-0.1, -0.05) is 24.3 Å². The fraction of sp³-hybridized carbons (Fsp3) is 0.458. The number of fused-ring (bicyclic) bond motifs is 1. The Morgan fingerprint density at radius 3 is 2.64 bits per heavy atom. The number of rotatable bonds is 7. The van der Waals surface area contributed by atoms with Crippen molar-refractivity contribution in [3.05, 3.63) is 59.4 Å². The van der Waals surface area contributed by atoms with E-state index in [1.807, 2.05) is 0 Å². The number of nitrogens with zero attached hydrogens (tertiary/aromatic N) is 3. The average Bonchev–Trinajstić information content (AvgIpc) is 3.36. The lowest BCUT2D eigenvalue weighted by molar-refractivity contribution is 0.245. The van der Waals surface area contributed by atoms with Crippen LogP contribution in [0.5, 0.6) is 5.75 Å². The van der Waals surface area contributed by atoms with E-state index in [2.05, 4.69) is 72.7 Å². The topological polar surface area (TPSA) is 30.3 Å². The second-order valence-electron chi connectivity index (χ2n) is 7.93. The summed E-state index contributed by atoms with van der Waals surface area (Å²) in [5.41, 5.74) is 4.84. The Hall–Kier alpha value is -2.33. The van der Waals surface area contributed by atoms with Gasteiger partial charge < -0.3 is 9.30 Å². The third-order valence-corrected chi connectivity index (χ3v) is 6.08. The molecule has 1 fully saturated rings. The van der Waals surface area contributed by atoms with Crippen LogP contribution in [0.3, 0.4) is 0 Å². The van der Waals surface area contributed by atoms with Crippen molar-refractivity contribution in [2.75, 3.05) is 19.7 Å². The molecule has 0 aliphatic carbocycles. The van der Waals surface area contributed by atoms with Crippen molar-refractivity contribution in [3.63, 3.8) is 0 Å². The number of likely N-dealkylation sites (tertiary alicyclic amines) is 1. The summed E-state index contributed by atoms with van der Waals surface area (Å²) in [6.07, 6.45) is 3.57. The van der Waals surface area contributed by atoms with Crippen molar-refractivity contribution in [2.24, 2.45) is 0 Å². The van der Waals surface area contributed by atoms with Crippen molar-refractivity contribution in [3.8, 4) is 5.75 Å². The lowest BCUT2D eigenvalue weighted by Gasteiger charge is -2.24. The summed E-state index contributed by atoms with van der Waals surface area (Å²) in [5.74, 6) is 2.19. The molecular weight excluding hydrogens is 346 g/mol. The number of para-hydroxylation sites is 2. The molecule has 0 bridgehead atoms. The van der Waals surface area contributed by atoms with Gasteiger partial charge in [0.05, 0.1) is 23.7 Å². The molecule has 4 heteroatoms. The van der Waals surface area contributed by atoms with Crippen LogP contribution in [0.25, 0.3) is 11.0 Å². The summed E-state index contributed by atoms with van der Waals surface area (Å²) in [5, 5.41) is 0. The monoisotopic (exact) mass is 377 g/mol. The number of aryl methyl sites for hydroxylation is 2. The van der Waals surface area contributed by atoms with Crippen LogP contribution in [0.1, 0.15) is 49.2 Å². The summed E-state index contributed by atoms with van der Waals surface area (Å²) in [6.45, 7) is 10.6. The lowest BCUT2D eigenvalue weighted by atomic mass is 10.1. The highest BCUT2D eigenvalue weighted by molar-refractivity contribution is 5.76. The standard InChI is InChI=1S/C24H31N3O/c1-18-10-8-13-23(19(18)2)28-17-9-16-27-22-12-5-4-11-21(22)25-24(27)20(3)26-14-6-7-15-26/h4-5,8,10-13,20H,6-7,9,14-17H2,1-3H3. The second kappa shape index (κ2) is 8.36. The third kappa shape index (κ3) is 3.79. The summed E-state index contributed by atoms with van der Waals surface area (Å²) in [7, 11) is 0. The molecule has 0 spiro atoms. The molecule has 1 aliphatic rings. The van der Waals surface area contributed by atoms with Gasteiger partial charge >= 0.3 is 0 Å². The van der Waals surface area contributed by atoms with Crippen LogP contribution in [-0.2, 0) is 6.54 Å². The lowest BCUT2D eigenvalue weighted by Crippen LogP contribution is -2.26. The number of hydrogen-bond acceptors (Lipinski definition) is 3. The molecule has 0 amide bonds. The highest BCUT2D eigenvalue weighted by atomic mass is 16.5. The molecule has 148 valence electrons. The van der Waals surface area contributed by atoms with Gasteiger partial charge in [0, 0.05) is 6.54 Å². The van der Waals surface area contributed by atoms with E-state index in [1.54, 1.807) is 0 Å². The molecule has 3 aromatic rings. The zero-order valence-electron chi connectivity index (χ0n) is 17.3. The van der Waals surface area contributed by atoms with Crippen molar-refractivity contribution in [2.45, 2.75) is 52.6 Å². The minimum absolute atomic E-state index is 0.356. The van der Waals surface area contributed by atoms with E-state index in [0.29, 0.717) is 12.6 Å². The normalized spacial score (nSPS) is 16.0. The maximum atomic E-state index is 6.08. The minimum Gasteiger partial charge on any atom is -0.493 e. The molecule has 0 saturated carbocycles. The van der Waals surface area contributed by atoms with E-state index in [4.69, 9.17) is 9.72 Å². The molecule has 1 saturated heterocycles. The summed E-state index contributed by atoms with van der Waals surface area (Å²) in [4.78, 5) is 7.56. The first-order valence-electron chi connectivity index (χ1n) is 10.5. The van der Waals surface area contributed by atoms with Crippen molar-refractivity contribution in [1.82, 2.24) is 14.5 Å². The Balaban J connectivity index is 1.49. The van der Waals surface area contributed by atoms with E-state index in [9.17, 15) is 0 Å². The Bertz CT molecular complexity index is 940. The van der Waals surface area contributed by atoms with Crippen LogP contribution >= 0.6 is 0 Å². The quantitative estimate of drug-likeness (QED) is 0.525. The van der Waals surface area contributed by atoms with Crippen LogP contribution in [0, 0.1) is 13.8 Å². The Kier molecular flexibility index (Phi) is 5.67. The van der Waals surface area contributed by atoms with Crippen LogP contribution in [0.4, 0.5) is 0 Å². The first-order chi connectivity index (χ1) is 13.6. The van der Waals surface area contributed by atoms with E-state index < -0.39 is 0 Å². The maximum absolute atomic E-state index is 6.08. The molecule has 0 radical (unpaired) electrons. The van der Waals surface area contributed by atoms with Gasteiger partial charge in [0.2, 0.25) is 0 Å². The molecule has 4 rings (SSSR count). The molecule has 4 nitrogen and oxygen atoms in total. The number of benzene rings is 2. The molecule has 28 heavy (non-hydrogen) atoms. The average molecular weight is 378 g/mol. The molecule has 1 atom stereocenters. The Labute approximate surface area is 168 Å². The molecular formula is C24H31N3O. The van der Waals surface area contributed by atoms with Crippen LogP contribution < -0.4 is 4.74 Å². The number of imidazole rings is 1. The van der Waals surface area contributed by atoms with E-state index in [1.165, 1.54) is 48.4 Å². The molecule has 1 aromatic heterocycles. The number of hydrogen-bond donors (Lipinski definition) is 0. The zero-order chi connectivity index (χ0) is 19.5. The van der Waals surface area contributed by atoms with Crippen LogP contribution in [0.15, 0.2) is 42.5 Å². The fourth-order valence-electron chi connectivity index (χ4n) is 4.23. The Morgan fingerprint density at radius 2 is 1.82 bits per heavy atom. The van der Waals surface area contributed by atoms with Gasteiger partial charge in [0.25, 0.3) is 0 Å². The van der Waals surface area contributed by atoms with Gasteiger partial charge in [-0.2, -0.15) is 0 Å². The summed E-state index contributed by atoms with van der Waals surface area (Å²) >= 11 is 0. The molecule has 0 N–H and O–H groups in total. The zero-order valence-corrected chi connectivity index (χ0v) is 17.3. The fourth-order valence-corrected chi connectivity index (χ4v) is 4.23. The molecule has 1 unspecified atom stereocenters. The molecule has 2 aromatic carbocycles. The third-order valence-electron chi connectivity index (χ3n) is 6.08.